The van der Waals surface area contributed by atoms with Crippen molar-refractivity contribution >= 4 is 27.4 Å². The van der Waals surface area contributed by atoms with Crippen molar-refractivity contribution in [1.29, 1.82) is 0 Å². The molecule has 3 rings (SSSR count). The van der Waals surface area contributed by atoms with Crippen LogP contribution in [-0.4, -0.2) is 4.98 Å². The van der Waals surface area contributed by atoms with E-state index in [1.165, 1.54) is 22.8 Å². The number of aromatic nitrogens is 1. The van der Waals surface area contributed by atoms with Crippen LogP contribution < -0.4 is 5.73 Å². The van der Waals surface area contributed by atoms with Crippen LogP contribution in [0.15, 0.2) is 42.6 Å². The zero-order valence-corrected chi connectivity index (χ0v) is 17.4. The SMILES string of the molecule is CC.CC.CC(C)c1ccc2c(cnc3cc(N)ccc32)c1.CCC. The molecule has 0 radical (unpaired) electrons. The second-order valence-corrected chi connectivity index (χ2v) is 5.74. The summed E-state index contributed by atoms with van der Waals surface area (Å²) in [5.41, 5.74) is 8.85. The van der Waals surface area contributed by atoms with Crippen molar-refractivity contribution in [3.05, 3.63) is 48.2 Å². The molecule has 0 aliphatic rings. The minimum atomic E-state index is 0.538. The Bertz CT molecular complexity index is 746. The summed E-state index contributed by atoms with van der Waals surface area (Å²) in [6.45, 7) is 16.7. The maximum absolute atomic E-state index is 5.79. The highest BCUT2D eigenvalue weighted by atomic mass is 14.7. The molecule has 0 atom stereocenters. The lowest BCUT2D eigenvalue weighted by atomic mass is 9.98. The molecule has 0 saturated heterocycles. The largest absolute Gasteiger partial charge is 0.399 e. The maximum atomic E-state index is 5.79. The Morgan fingerprint density at radius 2 is 1.44 bits per heavy atom. The minimum absolute atomic E-state index is 0.538. The van der Waals surface area contributed by atoms with Crippen LogP contribution in [0.5, 0.6) is 0 Å². The second-order valence-electron chi connectivity index (χ2n) is 5.74. The highest BCUT2D eigenvalue weighted by Crippen LogP contribution is 2.27. The average Bonchev–Trinajstić information content (AvgIpc) is 2.64. The summed E-state index contributed by atoms with van der Waals surface area (Å²) in [7, 11) is 0. The molecule has 1 heterocycles. The number of hydrogen-bond donors (Lipinski definition) is 1. The Kier molecular flexibility index (Phi) is 11.3. The number of anilines is 1. The Hall–Kier alpha value is -2.09. The molecule has 0 unspecified atom stereocenters. The Balaban J connectivity index is 0.000000728. The third-order valence-electron chi connectivity index (χ3n) is 3.40. The molecule has 2 N–H and O–H groups in total. The van der Waals surface area contributed by atoms with Crippen molar-refractivity contribution in [2.75, 3.05) is 5.73 Å². The summed E-state index contributed by atoms with van der Waals surface area (Å²) in [6, 6.07) is 12.5. The lowest BCUT2D eigenvalue weighted by molar-refractivity contribution is 0.869. The predicted molar refractivity (Wildman–Crippen MR) is 116 cm³/mol. The summed E-state index contributed by atoms with van der Waals surface area (Å²) >= 11 is 0. The zero-order chi connectivity index (χ0) is 19.4. The van der Waals surface area contributed by atoms with Gasteiger partial charge in [-0.1, -0.05) is 80.0 Å². The Labute approximate surface area is 154 Å². The van der Waals surface area contributed by atoms with Crippen molar-refractivity contribution in [2.45, 2.75) is 67.7 Å². The van der Waals surface area contributed by atoms with Gasteiger partial charge in [0.1, 0.15) is 0 Å². The van der Waals surface area contributed by atoms with Crippen LogP contribution in [0.4, 0.5) is 5.69 Å². The molecule has 0 bridgehead atoms. The molecule has 1 aromatic heterocycles. The summed E-state index contributed by atoms with van der Waals surface area (Å²) in [4.78, 5) is 4.49. The summed E-state index contributed by atoms with van der Waals surface area (Å²) in [6.07, 6.45) is 3.18. The monoisotopic (exact) mass is 340 g/mol. The van der Waals surface area contributed by atoms with Gasteiger partial charge in [0.2, 0.25) is 0 Å². The van der Waals surface area contributed by atoms with Gasteiger partial charge in [0.05, 0.1) is 5.52 Å². The lowest BCUT2D eigenvalue weighted by Gasteiger charge is -2.08. The fourth-order valence-electron chi connectivity index (χ4n) is 2.31. The first-order chi connectivity index (χ1) is 12.1. The van der Waals surface area contributed by atoms with E-state index in [0.717, 1.165) is 16.6 Å². The van der Waals surface area contributed by atoms with Crippen molar-refractivity contribution in [1.82, 2.24) is 4.98 Å². The molecule has 2 nitrogen and oxygen atoms in total. The third-order valence-corrected chi connectivity index (χ3v) is 3.40. The van der Waals surface area contributed by atoms with E-state index in [1.54, 1.807) is 0 Å². The Morgan fingerprint density at radius 3 is 2.00 bits per heavy atom. The van der Waals surface area contributed by atoms with Crippen LogP contribution in [0.2, 0.25) is 0 Å². The number of nitrogen functional groups attached to an aromatic ring is 1. The summed E-state index contributed by atoms with van der Waals surface area (Å²) in [5.74, 6) is 0.538. The van der Waals surface area contributed by atoms with Crippen LogP contribution >= 0.6 is 0 Å². The van der Waals surface area contributed by atoms with Gasteiger partial charge in [0.15, 0.2) is 0 Å². The lowest BCUT2D eigenvalue weighted by Crippen LogP contribution is -1.90. The van der Waals surface area contributed by atoms with Crippen LogP contribution in [0, 0.1) is 0 Å². The van der Waals surface area contributed by atoms with Crippen LogP contribution in [0.25, 0.3) is 21.7 Å². The Morgan fingerprint density at radius 1 is 0.880 bits per heavy atom. The number of benzene rings is 2. The quantitative estimate of drug-likeness (QED) is 0.366. The fourth-order valence-corrected chi connectivity index (χ4v) is 2.31. The van der Waals surface area contributed by atoms with Crippen molar-refractivity contribution < 1.29 is 0 Å². The minimum Gasteiger partial charge on any atom is -0.399 e. The highest BCUT2D eigenvalue weighted by molar-refractivity contribution is 6.06. The smallest absolute Gasteiger partial charge is 0.0728 e. The molecular formula is C23H36N2. The van der Waals surface area contributed by atoms with Gasteiger partial charge < -0.3 is 5.73 Å². The van der Waals surface area contributed by atoms with Crippen LogP contribution in [0.1, 0.15) is 73.3 Å². The number of pyridine rings is 1. The molecular weight excluding hydrogens is 304 g/mol. The first kappa shape index (κ1) is 22.9. The van der Waals surface area contributed by atoms with Gasteiger partial charge in [-0.05, 0) is 35.1 Å². The van der Waals surface area contributed by atoms with Crippen molar-refractivity contribution in [3.8, 4) is 0 Å². The number of nitrogens with zero attached hydrogens (tertiary/aromatic N) is 1. The molecule has 25 heavy (non-hydrogen) atoms. The van der Waals surface area contributed by atoms with E-state index < -0.39 is 0 Å². The molecule has 0 amide bonds. The molecule has 0 aliphatic carbocycles. The molecule has 2 heteroatoms. The molecule has 2 aromatic carbocycles. The number of rotatable bonds is 1. The van der Waals surface area contributed by atoms with E-state index in [-0.39, 0.29) is 0 Å². The third kappa shape index (κ3) is 6.38. The van der Waals surface area contributed by atoms with Gasteiger partial charge in [0, 0.05) is 22.7 Å². The molecule has 0 spiro atoms. The van der Waals surface area contributed by atoms with Gasteiger partial charge in [0.25, 0.3) is 0 Å². The van der Waals surface area contributed by atoms with Gasteiger partial charge in [-0.25, -0.2) is 0 Å². The fraction of sp³-hybridized carbons (Fsp3) is 0.435. The number of hydrogen-bond acceptors (Lipinski definition) is 2. The molecule has 138 valence electrons. The van der Waals surface area contributed by atoms with Gasteiger partial charge in [-0.15, -0.1) is 0 Å². The standard InChI is InChI=1S/C16H16N2.C3H8.2C2H6/c1-10(2)11-3-5-14-12(7-11)9-18-16-8-13(17)4-6-15(14)16;1-3-2;2*1-2/h3-10H,17H2,1-2H3;3H2,1-2H3;2*1-2H3. The number of fused-ring (bicyclic) bond motifs is 3. The first-order valence-electron chi connectivity index (χ1n) is 9.64. The average molecular weight is 341 g/mol. The highest BCUT2D eigenvalue weighted by Gasteiger charge is 2.05. The van der Waals surface area contributed by atoms with Gasteiger partial charge in [-0.3, -0.25) is 4.98 Å². The van der Waals surface area contributed by atoms with Crippen molar-refractivity contribution in [2.24, 2.45) is 0 Å². The predicted octanol–water partition coefficient (Wildman–Crippen LogP) is 7.56. The van der Waals surface area contributed by atoms with Crippen LogP contribution in [-0.2, 0) is 0 Å². The first-order valence-corrected chi connectivity index (χ1v) is 9.64. The van der Waals surface area contributed by atoms with E-state index in [4.69, 9.17) is 5.73 Å². The van der Waals surface area contributed by atoms with E-state index in [0.29, 0.717) is 5.92 Å². The summed E-state index contributed by atoms with van der Waals surface area (Å²) in [5, 5.41) is 3.60. The van der Waals surface area contributed by atoms with E-state index in [2.05, 4.69) is 56.9 Å². The van der Waals surface area contributed by atoms with E-state index in [1.807, 2.05) is 46.0 Å². The van der Waals surface area contributed by atoms with E-state index >= 15 is 0 Å². The topological polar surface area (TPSA) is 38.9 Å². The maximum Gasteiger partial charge on any atom is 0.0728 e. The van der Waals surface area contributed by atoms with Crippen LogP contribution in [0.3, 0.4) is 0 Å². The second kappa shape index (κ2) is 12.3. The zero-order valence-electron chi connectivity index (χ0n) is 17.4. The summed E-state index contributed by atoms with van der Waals surface area (Å²) < 4.78 is 0. The molecule has 0 fully saturated rings. The molecule has 0 aliphatic heterocycles. The normalized spacial score (nSPS) is 9.48. The number of nitrogens with two attached hydrogens (primary N) is 1. The molecule has 0 saturated carbocycles. The molecule has 3 aromatic rings. The van der Waals surface area contributed by atoms with Gasteiger partial charge in [-0.2, -0.15) is 0 Å². The van der Waals surface area contributed by atoms with E-state index in [9.17, 15) is 0 Å². The van der Waals surface area contributed by atoms with Crippen molar-refractivity contribution in [3.63, 3.8) is 0 Å². The van der Waals surface area contributed by atoms with Gasteiger partial charge >= 0.3 is 0 Å².